The maximum atomic E-state index is 13.1. The molecule has 1 heterocycles. The van der Waals surface area contributed by atoms with Crippen molar-refractivity contribution in [1.29, 1.82) is 0 Å². The molecule has 25 heavy (non-hydrogen) atoms. The van der Waals surface area contributed by atoms with Gasteiger partial charge in [0.1, 0.15) is 12.4 Å². The van der Waals surface area contributed by atoms with E-state index >= 15 is 0 Å². The van der Waals surface area contributed by atoms with Gasteiger partial charge >= 0.3 is 0 Å². The molecule has 0 saturated heterocycles. The van der Waals surface area contributed by atoms with Crippen molar-refractivity contribution in [1.82, 2.24) is 5.32 Å². The van der Waals surface area contributed by atoms with E-state index in [-0.39, 0.29) is 29.9 Å². The summed E-state index contributed by atoms with van der Waals surface area (Å²) >= 11 is 5.96. The molecule has 0 saturated carbocycles. The van der Waals surface area contributed by atoms with Gasteiger partial charge in [-0.3, -0.25) is 9.59 Å². The topological polar surface area (TPSA) is 49.4 Å². The van der Waals surface area contributed by atoms with Crippen LogP contribution in [0, 0.1) is 5.82 Å². The van der Waals surface area contributed by atoms with Crippen molar-refractivity contribution in [3.05, 3.63) is 64.4 Å². The maximum absolute atomic E-state index is 13.1. The lowest BCUT2D eigenvalue weighted by molar-refractivity contribution is -0.123. The third-order valence-corrected chi connectivity index (χ3v) is 4.56. The van der Waals surface area contributed by atoms with Crippen LogP contribution < -0.4 is 10.2 Å². The van der Waals surface area contributed by atoms with Crippen LogP contribution in [0.15, 0.2) is 42.5 Å². The van der Waals surface area contributed by atoms with E-state index in [4.69, 9.17) is 11.6 Å². The molecule has 2 aromatic carbocycles. The van der Waals surface area contributed by atoms with E-state index in [0.29, 0.717) is 12.0 Å². The smallest absolute Gasteiger partial charge is 0.240 e. The van der Waals surface area contributed by atoms with Crippen LogP contribution in [0.2, 0.25) is 5.02 Å². The number of amides is 2. The molecule has 1 N–H and O–H groups in total. The molecule has 0 fully saturated rings. The summed E-state index contributed by atoms with van der Waals surface area (Å²) in [6.07, 6.45) is 2.02. The lowest BCUT2D eigenvalue weighted by Gasteiger charge is -2.22. The Hall–Kier alpha value is -2.40. The van der Waals surface area contributed by atoms with Crippen LogP contribution in [0.25, 0.3) is 0 Å². The Morgan fingerprint density at radius 2 is 2.00 bits per heavy atom. The zero-order valence-corrected chi connectivity index (χ0v) is 14.4. The van der Waals surface area contributed by atoms with Gasteiger partial charge in [-0.05, 0) is 42.2 Å². The normalized spacial score (nSPS) is 14.0. The summed E-state index contributed by atoms with van der Waals surface area (Å²) < 4.78 is 13.1. The highest BCUT2D eigenvalue weighted by Gasteiger charge is 2.23. The number of carbonyl (C=O) groups excluding carboxylic acids is 2. The summed E-state index contributed by atoms with van der Waals surface area (Å²) in [5, 5.41) is 3.00. The highest BCUT2D eigenvalue weighted by molar-refractivity contribution is 6.31. The molecule has 130 valence electrons. The van der Waals surface area contributed by atoms with Crippen molar-refractivity contribution in [3.63, 3.8) is 0 Å². The van der Waals surface area contributed by atoms with Crippen molar-refractivity contribution in [2.45, 2.75) is 25.8 Å². The number of carbonyl (C=O) groups is 2. The molecule has 4 nitrogen and oxygen atoms in total. The fraction of sp³-hybridized carbons (Fsp3) is 0.263. The van der Waals surface area contributed by atoms with Gasteiger partial charge < -0.3 is 10.2 Å². The first kappa shape index (κ1) is 17.4. The summed E-state index contributed by atoms with van der Waals surface area (Å²) in [5.74, 6) is -0.766. The number of hydrogen-bond donors (Lipinski definition) is 1. The molecule has 2 amide bonds. The van der Waals surface area contributed by atoms with Gasteiger partial charge in [-0.15, -0.1) is 0 Å². The first-order chi connectivity index (χ1) is 12.0. The van der Waals surface area contributed by atoms with Gasteiger partial charge in [0.25, 0.3) is 0 Å². The molecule has 0 aliphatic carbocycles. The predicted octanol–water partition coefficient (Wildman–Crippen LogP) is 3.46. The Morgan fingerprint density at radius 3 is 2.80 bits per heavy atom. The monoisotopic (exact) mass is 360 g/mol. The van der Waals surface area contributed by atoms with Crippen molar-refractivity contribution in [3.8, 4) is 0 Å². The number of nitrogens with zero attached hydrogens (tertiary/aromatic N) is 1. The number of aryl methyl sites for hydroxylation is 1. The highest BCUT2D eigenvalue weighted by Crippen LogP contribution is 2.26. The first-order valence-electron chi connectivity index (χ1n) is 8.13. The number of rotatable bonds is 4. The number of hydrogen-bond acceptors (Lipinski definition) is 2. The fourth-order valence-corrected chi connectivity index (χ4v) is 3.15. The third-order valence-electron chi connectivity index (χ3n) is 4.21. The quantitative estimate of drug-likeness (QED) is 0.907. The lowest BCUT2D eigenvalue weighted by atomic mass is 10.1. The molecule has 0 unspecified atom stereocenters. The lowest BCUT2D eigenvalue weighted by Crippen LogP contribution is -2.40. The maximum Gasteiger partial charge on any atom is 0.240 e. The molecule has 3 rings (SSSR count). The number of halogens is 2. The molecule has 1 aliphatic heterocycles. The number of para-hydroxylation sites is 1. The van der Waals surface area contributed by atoms with Crippen LogP contribution in [0.1, 0.15) is 24.0 Å². The zero-order chi connectivity index (χ0) is 17.8. The molecule has 0 atom stereocenters. The second-order valence-electron chi connectivity index (χ2n) is 5.97. The number of fused-ring (bicyclic) bond motifs is 1. The van der Waals surface area contributed by atoms with Crippen LogP contribution in [0.3, 0.4) is 0 Å². The summed E-state index contributed by atoms with van der Waals surface area (Å²) in [4.78, 5) is 26.2. The molecule has 0 spiro atoms. The second-order valence-corrected chi connectivity index (χ2v) is 6.38. The molecule has 0 bridgehead atoms. The van der Waals surface area contributed by atoms with Crippen LogP contribution in [-0.4, -0.2) is 18.4 Å². The SMILES string of the molecule is O=C(CN1C(=O)CCCc2ccccc21)NCc1ccc(F)cc1Cl. The highest BCUT2D eigenvalue weighted by atomic mass is 35.5. The van der Waals surface area contributed by atoms with Gasteiger partial charge in [-0.2, -0.15) is 0 Å². The van der Waals surface area contributed by atoms with E-state index in [9.17, 15) is 14.0 Å². The van der Waals surface area contributed by atoms with Crippen LogP contribution in [0.5, 0.6) is 0 Å². The largest absolute Gasteiger partial charge is 0.350 e. The first-order valence-corrected chi connectivity index (χ1v) is 8.51. The third kappa shape index (κ3) is 4.17. The standard InChI is InChI=1S/C19H18ClFN2O2/c20-16-10-15(21)9-8-14(16)11-22-18(24)12-23-17-6-2-1-4-13(17)5-3-7-19(23)25/h1-2,4,6,8-10H,3,5,7,11-12H2,(H,22,24). The van der Waals surface area contributed by atoms with E-state index in [0.717, 1.165) is 24.1 Å². The Kier molecular flexibility index (Phi) is 5.34. The van der Waals surface area contributed by atoms with E-state index in [1.165, 1.54) is 23.1 Å². The molecular formula is C19H18ClFN2O2. The zero-order valence-electron chi connectivity index (χ0n) is 13.6. The van der Waals surface area contributed by atoms with Gasteiger partial charge in [0.2, 0.25) is 11.8 Å². The van der Waals surface area contributed by atoms with Crippen LogP contribution in [0.4, 0.5) is 10.1 Å². The minimum absolute atomic E-state index is 0.0470. The average Bonchev–Trinajstić information content (AvgIpc) is 2.74. The van der Waals surface area contributed by atoms with Crippen molar-refractivity contribution in [2.24, 2.45) is 0 Å². The van der Waals surface area contributed by atoms with E-state index in [1.54, 1.807) is 0 Å². The second kappa shape index (κ2) is 7.66. The average molecular weight is 361 g/mol. The summed E-state index contributed by atoms with van der Waals surface area (Å²) in [5.41, 5.74) is 2.49. The fourth-order valence-electron chi connectivity index (χ4n) is 2.92. The summed E-state index contributed by atoms with van der Waals surface area (Å²) in [6, 6.07) is 11.7. The molecule has 1 aliphatic rings. The van der Waals surface area contributed by atoms with Gasteiger partial charge in [0.05, 0.1) is 0 Å². The molecule has 2 aromatic rings. The Bertz CT molecular complexity index is 810. The van der Waals surface area contributed by atoms with Gasteiger partial charge in [-0.1, -0.05) is 35.9 Å². The Labute approximate surface area is 150 Å². The Morgan fingerprint density at radius 1 is 1.20 bits per heavy atom. The van der Waals surface area contributed by atoms with Gasteiger partial charge in [-0.25, -0.2) is 4.39 Å². The van der Waals surface area contributed by atoms with Crippen molar-refractivity contribution >= 4 is 29.1 Å². The predicted molar refractivity (Wildman–Crippen MR) is 95.0 cm³/mol. The minimum Gasteiger partial charge on any atom is -0.350 e. The van der Waals surface area contributed by atoms with Crippen molar-refractivity contribution < 1.29 is 14.0 Å². The summed E-state index contributed by atoms with van der Waals surface area (Å²) in [7, 11) is 0. The number of nitrogens with one attached hydrogen (secondary N) is 1. The van der Waals surface area contributed by atoms with Gasteiger partial charge in [0, 0.05) is 23.7 Å². The molecule has 6 heteroatoms. The summed E-state index contributed by atoms with van der Waals surface area (Å²) in [6.45, 7) is 0.135. The van der Waals surface area contributed by atoms with E-state index < -0.39 is 5.82 Å². The molecule has 0 aromatic heterocycles. The van der Waals surface area contributed by atoms with Gasteiger partial charge in [0.15, 0.2) is 0 Å². The van der Waals surface area contributed by atoms with E-state index in [2.05, 4.69) is 5.32 Å². The Balaban J connectivity index is 1.68. The van der Waals surface area contributed by atoms with Crippen LogP contribution in [-0.2, 0) is 22.6 Å². The van der Waals surface area contributed by atoms with Crippen LogP contribution >= 0.6 is 11.6 Å². The van der Waals surface area contributed by atoms with E-state index in [1.807, 2.05) is 24.3 Å². The number of anilines is 1. The van der Waals surface area contributed by atoms with Crippen molar-refractivity contribution in [2.75, 3.05) is 11.4 Å². The molecule has 0 radical (unpaired) electrons. The molecular weight excluding hydrogens is 343 g/mol. The number of benzene rings is 2. The minimum atomic E-state index is -0.424.